The van der Waals surface area contributed by atoms with Gasteiger partial charge in [-0.05, 0) is 50.0 Å². The molecule has 1 saturated heterocycles. The van der Waals surface area contributed by atoms with E-state index in [1.807, 2.05) is 0 Å². The first-order valence-electron chi connectivity index (χ1n) is 7.44. The minimum atomic E-state index is -3.69. The van der Waals surface area contributed by atoms with Crippen molar-refractivity contribution in [3.05, 3.63) is 23.8 Å². The Morgan fingerprint density at radius 1 is 1.39 bits per heavy atom. The Hall–Kier alpha value is -1.64. The van der Waals surface area contributed by atoms with Gasteiger partial charge in [-0.15, -0.1) is 0 Å². The van der Waals surface area contributed by atoms with Gasteiger partial charge < -0.3 is 14.8 Å². The van der Waals surface area contributed by atoms with Crippen LogP contribution in [-0.4, -0.2) is 48.2 Å². The highest BCUT2D eigenvalue weighted by Gasteiger charge is 2.22. The molecule has 0 amide bonds. The molecule has 1 heterocycles. The number of ether oxygens (including phenoxy) is 2. The number of esters is 1. The number of piperidine rings is 1. The molecule has 1 aromatic rings. The quantitative estimate of drug-likeness (QED) is 0.742. The average molecular weight is 342 g/mol. The van der Waals surface area contributed by atoms with Crippen molar-refractivity contribution in [2.45, 2.75) is 17.7 Å². The van der Waals surface area contributed by atoms with Crippen LogP contribution in [0.2, 0.25) is 0 Å². The van der Waals surface area contributed by atoms with Crippen LogP contribution in [0.25, 0.3) is 0 Å². The predicted octanol–water partition coefficient (Wildman–Crippen LogP) is 0.760. The molecule has 0 aromatic heterocycles. The van der Waals surface area contributed by atoms with Gasteiger partial charge in [0.05, 0.1) is 19.1 Å². The molecule has 0 saturated carbocycles. The minimum Gasteiger partial charge on any atom is -0.496 e. The fraction of sp³-hybridized carbons (Fsp3) is 0.533. The van der Waals surface area contributed by atoms with Crippen molar-refractivity contribution in [1.29, 1.82) is 0 Å². The Kier molecular flexibility index (Phi) is 5.97. The van der Waals surface area contributed by atoms with E-state index in [0.29, 0.717) is 6.54 Å². The molecule has 1 aliphatic heterocycles. The predicted molar refractivity (Wildman–Crippen MR) is 85.1 cm³/mol. The summed E-state index contributed by atoms with van der Waals surface area (Å²) in [5, 5.41) is 3.25. The first-order valence-corrected chi connectivity index (χ1v) is 8.93. The van der Waals surface area contributed by atoms with Crippen LogP contribution >= 0.6 is 0 Å². The first-order chi connectivity index (χ1) is 11.0. The Morgan fingerprint density at radius 3 is 2.78 bits per heavy atom. The van der Waals surface area contributed by atoms with Crippen LogP contribution in [0.3, 0.4) is 0 Å². The maximum absolute atomic E-state index is 12.4. The Balaban J connectivity index is 2.16. The molecule has 0 spiro atoms. The van der Waals surface area contributed by atoms with Crippen LogP contribution in [0.15, 0.2) is 23.1 Å². The third-order valence-electron chi connectivity index (χ3n) is 3.85. The van der Waals surface area contributed by atoms with E-state index in [1.165, 1.54) is 32.4 Å². The van der Waals surface area contributed by atoms with Crippen molar-refractivity contribution in [1.82, 2.24) is 10.0 Å². The third kappa shape index (κ3) is 4.43. The molecule has 128 valence electrons. The van der Waals surface area contributed by atoms with Crippen LogP contribution in [0, 0.1) is 5.92 Å². The lowest BCUT2D eigenvalue weighted by molar-refractivity contribution is 0.0597. The second-order valence-electron chi connectivity index (χ2n) is 5.42. The van der Waals surface area contributed by atoms with Gasteiger partial charge in [-0.25, -0.2) is 17.9 Å². The molecule has 1 aliphatic rings. The lowest BCUT2D eigenvalue weighted by Gasteiger charge is -2.22. The zero-order valence-electron chi connectivity index (χ0n) is 13.3. The summed E-state index contributed by atoms with van der Waals surface area (Å²) in [7, 11) is -1.05. The van der Waals surface area contributed by atoms with E-state index in [4.69, 9.17) is 4.74 Å². The van der Waals surface area contributed by atoms with E-state index in [2.05, 4.69) is 14.8 Å². The molecule has 8 heteroatoms. The van der Waals surface area contributed by atoms with Crippen LogP contribution in [0.1, 0.15) is 23.2 Å². The highest BCUT2D eigenvalue weighted by Crippen LogP contribution is 2.23. The molecule has 2 rings (SSSR count). The van der Waals surface area contributed by atoms with Gasteiger partial charge in [0.15, 0.2) is 0 Å². The normalized spacial score (nSPS) is 18.4. The Labute approximate surface area is 136 Å². The van der Waals surface area contributed by atoms with Gasteiger partial charge in [0.2, 0.25) is 10.0 Å². The lowest BCUT2D eigenvalue weighted by atomic mass is 10.0. The summed E-state index contributed by atoms with van der Waals surface area (Å²) in [6.45, 7) is 2.15. The van der Waals surface area contributed by atoms with Crippen molar-refractivity contribution in [2.24, 2.45) is 5.92 Å². The Morgan fingerprint density at radius 2 is 2.17 bits per heavy atom. The number of nitrogens with one attached hydrogen (secondary N) is 2. The van der Waals surface area contributed by atoms with E-state index in [1.54, 1.807) is 0 Å². The molecule has 0 bridgehead atoms. The minimum absolute atomic E-state index is 0.0162. The van der Waals surface area contributed by atoms with E-state index < -0.39 is 16.0 Å². The molecule has 1 aromatic carbocycles. The van der Waals surface area contributed by atoms with Gasteiger partial charge in [0, 0.05) is 6.54 Å². The number of rotatable bonds is 6. The monoisotopic (exact) mass is 342 g/mol. The van der Waals surface area contributed by atoms with Crippen LogP contribution in [-0.2, 0) is 14.8 Å². The van der Waals surface area contributed by atoms with Crippen LogP contribution in [0.4, 0.5) is 0 Å². The standard InChI is InChI=1S/C15H22N2O5S/c1-21-14-6-5-12(8-13(14)15(18)22-2)23(19,20)17-10-11-4-3-7-16-9-11/h5-6,8,11,16-17H,3-4,7,9-10H2,1-2H3. The molecule has 2 N–H and O–H groups in total. The topological polar surface area (TPSA) is 93.7 Å². The maximum atomic E-state index is 12.4. The number of carbonyl (C=O) groups is 1. The van der Waals surface area contributed by atoms with Crippen molar-refractivity contribution >= 4 is 16.0 Å². The molecular weight excluding hydrogens is 320 g/mol. The van der Waals surface area contributed by atoms with Crippen molar-refractivity contribution in [3.8, 4) is 5.75 Å². The van der Waals surface area contributed by atoms with E-state index in [-0.39, 0.29) is 22.1 Å². The molecule has 1 atom stereocenters. The van der Waals surface area contributed by atoms with Crippen molar-refractivity contribution in [3.63, 3.8) is 0 Å². The summed E-state index contributed by atoms with van der Waals surface area (Å²) in [5.41, 5.74) is 0.0807. The van der Waals surface area contributed by atoms with E-state index in [9.17, 15) is 13.2 Å². The molecule has 7 nitrogen and oxygen atoms in total. The van der Waals surface area contributed by atoms with Gasteiger partial charge in [-0.1, -0.05) is 0 Å². The zero-order chi connectivity index (χ0) is 16.9. The van der Waals surface area contributed by atoms with E-state index >= 15 is 0 Å². The summed E-state index contributed by atoms with van der Waals surface area (Å²) in [6, 6.07) is 4.13. The SMILES string of the molecule is COC(=O)c1cc(S(=O)(=O)NCC2CCCNC2)ccc1OC. The number of hydrogen-bond donors (Lipinski definition) is 2. The van der Waals surface area contributed by atoms with Gasteiger partial charge >= 0.3 is 5.97 Å². The molecule has 0 aliphatic carbocycles. The molecule has 23 heavy (non-hydrogen) atoms. The van der Waals surface area contributed by atoms with Gasteiger partial charge in [-0.3, -0.25) is 0 Å². The molecule has 0 radical (unpaired) electrons. The van der Waals surface area contributed by atoms with E-state index in [0.717, 1.165) is 25.9 Å². The van der Waals surface area contributed by atoms with Crippen molar-refractivity contribution in [2.75, 3.05) is 33.9 Å². The first kappa shape index (κ1) is 17.7. The lowest BCUT2D eigenvalue weighted by Crippen LogP contribution is -2.38. The van der Waals surface area contributed by atoms with Crippen LogP contribution in [0.5, 0.6) is 5.75 Å². The van der Waals surface area contributed by atoms with Gasteiger partial charge in [0.25, 0.3) is 0 Å². The van der Waals surface area contributed by atoms with Gasteiger partial charge in [0.1, 0.15) is 11.3 Å². The van der Waals surface area contributed by atoms with Crippen LogP contribution < -0.4 is 14.8 Å². The number of carbonyl (C=O) groups excluding carboxylic acids is 1. The van der Waals surface area contributed by atoms with Gasteiger partial charge in [-0.2, -0.15) is 0 Å². The summed E-state index contributed by atoms with van der Waals surface area (Å²) >= 11 is 0. The fourth-order valence-electron chi connectivity index (χ4n) is 2.53. The third-order valence-corrected chi connectivity index (χ3v) is 5.27. The molecular formula is C15H22N2O5S. The Bertz CT molecular complexity index is 654. The number of sulfonamides is 1. The smallest absolute Gasteiger partial charge is 0.341 e. The second kappa shape index (κ2) is 7.76. The summed E-state index contributed by atoms with van der Waals surface area (Å²) in [4.78, 5) is 11.8. The number of hydrogen-bond acceptors (Lipinski definition) is 6. The highest BCUT2D eigenvalue weighted by molar-refractivity contribution is 7.89. The summed E-state index contributed by atoms with van der Waals surface area (Å²) in [6.07, 6.45) is 2.03. The summed E-state index contributed by atoms with van der Waals surface area (Å²) < 4.78 is 37.2. The molecule has 1 fully saturated rings. The maximum Gasteiger partial charge on any atom is 0.341 e. The fourth-order valence-corrected chi connectivity index (χ4v) is 3.67. The largest absolute Gasteiger partial charge is 0.496 e. The zero-order valence-corrected chi connectivity index (χ0v) is 14.1. The average Bonchev–Trinajstić information content (AvgIpc) is 2.59. The summed E-state index contributed by atoms with van der Waals surface area (Å²) in [5.74, 6) is -0.0977. The van der Waals surface area contributed by atoms with Crippen molar-refractivity contribution < 1.29 is 22.7 Å². The molecule has 1 unspecified atom stereocenters. The number of methoxy groups -OCH3 is 2. The highest BCUT2D eigenvalue weighted by atomic mass is 32.2. The number of benzene rings is 1. The second-order valence-corrected chi connectivity index (χ2v) is 7.18.